The van der Waals surface area contributed by atoms with Crippen molar-refractivity contribution in [3.63, 3.8) is 0 Å². The number of hydrogen-bond acceptors (Lipinski definition) is 3. The Balaban J connectivity index is 2.52. The van der Waals surface area contributed by atoms with E-state index in [-0.39, 0.29) is 11.5 Å². The molecule has 15 heavy (non-hydrogen) atoms. The Labute approximate surface area is 91.2 Å². The number of aromatic nitrogens is 1. The van der Waals surface area contributed by atoms with Crippen molar-refractivity contribution >= 4 is 9.84 Å². The summed E-state index contributed by atoms with van der Waals surface area (Å²) >= 11 is 0. The van der Waals surface area contributed by atoms with Gasteiger partial charge in [0.1, 0.15) is 0 Å². The Hall–Kier alpha value is -0.970. The van der Waals surface area contributed by atoms with Gasteiger partial charge in [0.05, 0.1) is 5.75 Å². The minimum Gasteiger partial charge on any atom is -0.325 e. The molecule has 1 rings (SSSR count). The first kappa shape index (κ1) is 12.1. The van der Waals surface area contributed by atoms with Gasteiger partial charge < -0.3 is 5.43 Å². The third-order valence-electron chi connectivity index (χ3n) is 2.39. The standard InChI is InChI=1S/C10H18N2O2S/c1-4-15(13,14)8-7-11-12-9(2)5-6-10(12)3/h5-6,11H,4,7-8H2,1-3H3. The van der Waals surface area contributed by atoms with Crippen molar-refractivity contribution in [1.82, 2.24) is 4.68 Å². The molecule has 0 aliphatic carbocycles. The first-order valence-corrected chi connectivity index (χ1v) is 6.87. The van der Waals surface area contributed by atoms with Gasteiger partial charge in [0, 0.05) is 23.7 Å². The van der Waals surface area contributed by atoms with Gasteiger partial charge in [-0.05, 0) is 26.0 Å². The number of rotatable bonds is 5. The lowest BCUT2D eigenvalue weighted by molar-refractivity contribution is 0.596. The van der Waals surface area contributed by atoms with E-state index in [2.05, 4.69) is 5.43 Å². The van der Waals surface area contributed by atoms with Crippen LogP contribution in [0.5, 0.6) is 0 Å². The topological polar surface area (TPSA) is 51.1 Å². The van der Waals surface area contributed by atoms with E-state index in [4.69, 9.17) is 0 Å². The molecule has 1 aromatic rings. The highest BCUT2D eigenvalue weighted by molar-refractivity contribution is 7.91. The lowest BCUT2D eigenvalue weighted by atomic mass is 10.5. The SMILES string of the molecule is CCS(=O)(=O)CCNn1c(C)ccc1C. The Morgan fingerprint density at radius 3 is 2.27 bits per heavy atom. The molecular weight excluding hydrogens is 212 g/mol. The molecule has 0 saturated heterocycles. The predicted octanol–water partition coefficient (Wildman–Crippen LogP) is 1.08. The number of nitrogens with zero attached hydrogens (tertiary/aromatic N) is 1. The van der Waals surface area contributed by atoms with Crippen molar-refractivity contribution in [2.45, 2.75) is 20.8 Å². The van der Waals surface area contributed by atoms with Crippen molar-refractivity contribution in [3.05, 3.63) is 23.5 Å². The quantitative estimate of drug-likeness (QED) is 0.823. The normalized spacial score (nSPS) is 11.7. The fourth-order valence-corrected chi connectivity index (χ4v) is 2.07. The summed E-state index contributed by atoms with van der Waals surface area (Å²) in [6.45, 7) is 6.08. The molecule has 1 heterocycles. The molecule has 0 atom stereocenters. The van der Waals surface area contributed by atoms with Crippen LogP contribution in [0.2, 0.25) is 0 Å². The zero-order valence-corrected chi connectivity index (χ0v) is 10.3. The predicted molar refractivity (Wildman–Crippen MR) is 62.5 cm³/mol. The van der Waals surface area contributed by atoms with E-state index in [0.717, 1.165) is 11.4 Å². The number of hydrogen-bond donors (Lipinski definition) is 1. The molecule has 0 spiro atoms. The van der Waals surface area contributed by atoms with Gasteiger partial charge in [0.25, 0.3) is 0 Å². The molecule has 0 saturated carbocycles. The number of aryl methyl sites for hydroxylation is 2. The van der Waals surface area contributed by atoms with Gasteiger partial charge in [-0.2, -0.15) is 0 Å². The summed E-state index contributed by atoms with van der Waals surface area (Å²) in [6, 6.07) is 3.99. The Kier molecular flexibility index (Phi) is 3.79. The first-order valence-electron chi connectivity index (χ1n) is 5.05. The van der Waals surface area contributed by atoms with E-state index in [1.165, 1.54) is 0 Å². The lowest BCUT2D eigenvalue weighted by Gasteiger charge is -2.12. The average molecular weight is 230 g/mol. The molecule has 0 aromatic carbocycles. The average Bonchev–Trinajstić information content (AvgIpc) is 2.49. The maximum atomic E-state index is 11.2. The van der Waals surface area contributed by atoms with Crippen molar-refractivity contribution in [2.24, 2.45) is 0 Å². The summed E-state index contributed by atoms with van der Waals surface area (Å²) in [5, 5.41) is 0. The second-order valence-electron chi connectivity index (χ2n) is 3.60. The molecule has 86 valence electrons. The molecule has 0 aliphatic heterocycles. The van der Waals surface area contributed by atoms with Gasteiger partial charge >= 0.3 is 0 Å². The molecule has 0 aliphatic rings. The summed E-state index contributed by atoms with van der Waals surface area (Å²) in [5.74, 6) is 0.388. The molecule has 1 N–H and O–H groups in total. The van der Waals surface area contributed by atoms with E-state index < -0.39 is 9.84 Å². The zero-order chi connectivity index (χ0) is 11.5. The molecule has 5 heteroatoms. The third-order valence-corrected chi connectivity index (χ3v) is 4.10. The maximum Gasteiger partial charge on any atom is 0.151 e. The van der Waals surface area contributed by atoms with Gasteiger partial charge in [0.15, 0.2) is 9.84 Å². The zero-order valence-electron chi connectivity index (χ0n) is 9.45. The molecule has 4 nitrogen and oxygen atoms in total. The van der Waals surface area contributed by atoms with Crippen LogP contribution < -0.4 is 5.43 Å². The highest BCUT2D eigenvalue weighted by Crippen LogP contribution is 2.03. The summed E-state index contributed by atoms with van der Waals surface area (Å²) in [6.07, 6.45) is 0. The van der Waals surface area contributed by atoms with Crippen LogP contribution in [-0.4, -0.2) is 31.1 Å². The maximum absolute atomic E-state index is 11.2. The van der Waals surface area contributed by atoms with Gasteiger partial charge in [-0.15, -0.1) is 0 Å². The van der Waals surface area contributed by atoms with Crippen molar-refractivity contribution < 1.29 is 8.42 Å². The largest absolute Gasteiger partial charge is 0.325 e. The van der Waals surface area contributed by atoms with Crippen molar-refractivity contribution in [1.29, 1.82) is 0 Å². The summed E-state index contributed by atoms with van der Waals surface area (Å²) in [4.78, 5) is 0. The highest BCUT2D eigenvalue weighted by atomic mass is 32.2. The van der Waals surface area contributed by atoms with Gasteiger partial charge in [-0.1, -0.05) is 6.92 Å². The number of sulfone groups is 1. The van der Waals surface area contributed by atoms with Crippen LogP contribution in [0.25, 0.3) is 0 Å². The fraction of sp³-hybridized carbons (Fsp3) is 0.600. The fourth-order valence-electron chi connectivity index (χ4n) is 1.38. The van der Waals surface area contributed by atoms with Crippen LogP contribution in [0.15, 0.2) is 12.1 Å². The second-order valence-corrected chi connectivity index (χ2v) is 6.07. The molecule has 0 amide bonds. The molecule has 0 radical (unpaired) electrons. The van der Waals surface area contributed by atoms with Crippen molar-refractivity contribution in [3.8, 4) is 0 Å². The van der Waals surface area contributed by atoms with Gasteiger partial charge in [-0.25, -0.2) is 8.42 Å². The van der Waals surface area contributed by atoms with E-state index in [1.807, 2.05) is 30.7 Å². The molecule has 0 bridgehead atoms. The van der Waals surface area contributed by atoms with E-state index >= 15 is 0 Å². The van der Waals surface area contributed by atoms with E-state index in [0.29, 0.717) is 6.54 Å². The number of nitrogens with one attached hydrogen (secondary N) is 1. The summed E-state index contributed by atoms with van der Waals surface area (Å²) < 4.78 is 24.4. The van der Waals surface area contributed by atoms with Gasteiger partial charge in [-0.3, -0.25) is 4.68 Å². The monoisotopic (exact) mass is 230 g/mol. The van der Waals surface area contributed by atoms with E-state index in [9.17, 15) is 8.42 Å². The Morgan fingerprint density at radius 1 is 1.27 bits per heavy atom. The van der Waals surface area contributed by atoms with Crippen LogP contribution in [0, 0.1) is 13.8 Å². The molecular formula is C10H18N2O2S. The molecule has 0 unspecified atom stereocenters. The second kappa shape index (κ2) is 4.70. The molecule has 1 aromatic heterocycles. The van der Waals surface area contributed by atoms with E-state index in [1.54, 1.807) is 6.92 Å². The first-order chi connectivity index (χ1) is 6.96. The van der Waals surface area contributed by atoms with Crippen LogP contribution in [0.3, 0.4) is 0 Å². The third kappa shape index (κ3) is 3.27. The summed E-state index contributed by atoms with van der Waals surface area (Å²) in [7, 11) is -2.87. The Bertz CT molecular complexity index is 401. The van der Waals surface area contributed by atoms with Gasteiger partial charge in [0.2, 0.25) is 0 Å². The lowest BCUT2D eigenvalue weighted by Crippen LogP contribution is -2.24. The van der Waals surface area contributed by atoms with Crippen LogP contribution in [0.1, 0.15) is 18.3 Å². The highest BCUT2D eigenvalue weighted by Gasteiger charge is 2.07. The van der Waals surface area contributed by atoms with Crippen LogP contribution in [0.4, 0.5) is 0 Å². The minimum atomic E-state index is -2.87. The minimum absolute atomic E-state index is 0.181. The summed E-state index contributed by atoms with van der Waals surface area (Å²) in [5.41, 5.74) is 5.26. The van der Waals surface area contributed by atoms with Crippen molar-refractivity contribution in [2.75, 3.05) is 23.5 Å². The Morgan fingerprint density at radius 2 is 1.80 bits per heavy atom. The smallest absolute Gasteiger partial charge is 0.151 e. The molecule has 0 fully saturated rings. The van der Waals surface area contributed by atoms with Crippen LogP contribution in [-0.2, 0) is 9.84 Å². The van der Waals surface area contributed by atoms with Crippen LogP contribution >= 0.6 is 0 Å².